The maximum atomic E-state index is 12.4. The van der Waals surface area contributed by atoms with Crippen molar-refractivity contribution >= 4 is 5.91 Å². The lowest BCUT2D eigenvalue weighted by Gasteiger charge is -2.15. The zero-order valence-electron chi connectivity index (χ0n) is 12.7. The Bertz CT molecular complexity index is 624. The van der Waals surface area contributed by atoms with Crippen LogP contribution in [0.5, 0.6) is 0 Å². The van der Waals surface area contributed by atoms with Gasteiger partial charge in [-0.25, -0.2) is 0 Å². The lowest BCUT2D eigenvalue weighted by atomic mass is 10.3. The molecular formula is C17H20N2O3. The second-order valence-electron chi connectivity index (χ2n) is 5.45. The maximum Gasteiger partial charge on any atom is 0.289 e. The number of likely N-dealkylation sites (tertiary alicyclic amines) is 1. The summed E-state index contributed by atoms with van der Waals surface area (Å²) in [5.41, 5.74) is 1.05. The van der Waals surface area contributed by atoms with E-state index in [1.54, 1.807) is 23.4 Å². The van der Waals surface area contributed by atoms with Crippen molar-refractivity contribution in [2.75, 3.05) is 13.1 Å². The number of hydrogen-bond acceptors (Lipinski definition) is 4. The Morgan fingerprint density at radius 3 is 3.09 bits per heavy atom. The topological polar surface area (TPSA) is 55.6 Å². The first-order valence-electron chi connectivity index (χ1n) is 7.64. The smallest absolute Gasteiger partial charge is 0.289 e. The molecule has 0 unspecified atom stereocenters. The lowest BCUT2D eigenvalue weighted by molar-refractivity contribution is 0.0429. The van der Waals surface area contributed by atoms with Crippen molar-refractivity contribution in [2.45, 2.75) is 32.5 Å². The SMILES string of the molecule is CCc1ccc(C(=O)N2CC[C@H](OCc3cccnc3)C2)o1. The number of carbonyl (C=O) groups is 1. The van der Waals surface area contributed by atoms with Crippen LogP contribution >= 0.6 is 0 Å². The molecule has 22 heavy (non-hydrogen) atoms. The number of rotatable bonds is 5. The van der Waals surface area contributed by atoms with Crippen LogP contribution in [0.25, 0.3) is 0 Å². The van der Waals surface area contributed by atoms with Gasteiger partial charge in [-0.3, -0.25) is 9.78 Å². The molecule has 0 radical (unpaired) electrons. The number of carbonyl (C=O) groups excluding carboxylic acids is 1. The van der Waals surface area contributed by atoms with E-state index in [1.807, 2.05) is 25.1 Å². The highest BCUT2D eigenvalue weighted by Gasteiger charge is 2.29. The third-order valence-corrected chi connectivity index (χ3v) is 3.86. The molecule has 1 atom stereocenters. The van der Waals surface area contributed by atoms with Crippen molar-refractivity contribution in [3.05, 3.63) is 53.7 Å². The fraction of sp³-hybridized carbons (Fsp3) is 0.412. The van der Waals surface area contributed by atoms with E-state index >= 15 is 0 Å². The molecular weight excluding hydrogens is 280 g/mol. The lowest BCUT2D eigenvalue weighted by Crippen LogP contribution is -2.29. The van der Waals surface area contributed by atoms with E-state index in [9.17, 15) is 4.79 Å². The summed E-state index contributed by atoms with van der Waals surface area (Å²) in [6.07, 6.45) is 5.27. The van der Waals surface area contributed by atoms with E-state index in [-0.39, 0.29) is 12.0 Å². The number of ether oxygens (including phenoxy) is 1. The first-order valence-corrected chi connectivity index (χ1v) is 7.64. The van der Waals surface area contributed by atoms with Crippen LogP contribution in [0.1, 0.15) is 35.2 Å². The van der Waals surface area contributed by atoms with Gasteiger partial charge in [0.1, 0.15) is 5.76 Å². The van der Waals surface area contributed by atoms with Gasteiger partial charge in [-0.15, -0.1) is 0 Å². The summed E-state index contributed by atoms with van der Waals surface area (Å²) in [5.74, 6) is 1.21. The van der Waals surface area contributed by atoms with Gasteiger partial charge in [-0.2, -0.15) is 0 Å². The number of aryl methyl sites for hydroxylation is 1. The van der Waals surface area contributed by atoms with Gasteiger partial charge < -0.3 is 14.1 Å². The van der Waals surface area contributed by atoms with Crippen LogP contribution in [-0.4, -0.2) is 35.0 Å². The summed E-state index contributed by atoms with van der Waals surface area (Å²) in [6, 6.07) is 7.50. The Kier molecular flexibility index (Phi) is 4.53. The van der Waals surface area contributed by atoms with E-state index in [1.165, 1.54) is 0 Å². The van der Waals surface area contributed by atoms with Crippen LogP contribution in [0, 0.1) is 0 Å². The number of amides is 1. The predicted octanol–water partition coefficient (Wildman–Crippen LogP) is 2.67. The molecule has 0 spiro atoms. The van der Waals surface area contributed by atoms with Gasteiger partial charge in [0.25, 0.3) is 5.91 Å². The third kappa shape index (κ3) is 3.36. The summed E-state index contributed by atoms with van der Waals surface area (Å²) in [7, 11) is 0. The molecule has 116 valence electrons. The van der Waals surface area contributed by atoms with Crippen molar-refractivity contribution in [2.24, 2.45) is 0 Å². The van der Waals surface area contributed by atoms with Crippen LogP contribution < -0.4 is 0 Å². The Morgan fingerprint density at radius 1 is 1.45 bits per heavy atom. The minimum atomic E-state index is -0.0489. The second-order valence-corrected chi connectivity index (χ2v) is 5.45. The molecule has 0 bridgehead atoms. The second kappa shape index (κ2) is 6.75. The first kappa shape index (κ1) is 14.8. The van der Waals surface area contributed by atoms with Gasteiger partial charge in [-0.05, 0) is 30.2 Å². The quantitative estimate of drug-likeness (QED) is 0.852. The van der Waals surface area contributed by atoms with E-state index in [2.05, 4.69) is 4.98 Å². The van der Waals surface area contributed by atoms with Crippen LogP contribution in [-0.2, 0) is 17.8 Å². The van der Waals surface area contributed by atoms with E-state index in [4.69, 9.17) is 9.15 Å². The van der Waals surface area contributed by atoms with Gasteiger partial charge >= 0.3 is 0 Å². The molecule has 1 aliphatic heterocycles. The number of nitrogens with zero attached hydrogens (tertiary/aromatic N) is 2. The first-order chi connectivity index (χ1) is 10.8. The fourth-order valence-corrected chi connectivity index (χ4v) is 2.58. The fourth-order valence-electron chi connectivity index (χ4n) is 2.58. The summed E-state index contributed by atoms with van der Waals surface area (Å²) in [5, 5.41) is 0. The number of aromatic nitrogens is 1. The molecule has 1 amide bonds. The Hall–Kier alpha value is -2.14. The number of hydrogen-bond donors (Lipinski definition) is 0. The summed E-state index contributed by atoms with van der Waals surface area (Å²) in [4.78, 5) is 18.2. The highest BCUT2D eigenvalue weighted by molar-refractivity contribution is 5.91. The maximum absolute atomic E-state index is 12.4. The highest BCUT2D eigenvalue weighted by Crippen LogP contribution is 2.18. The predicted molar refractivity (Wildman–Crippen MR) is 81.4 cm³/mol. The number of furan rings is 1. The third-order valence-electron chi connectivity index (χ3n) is 3.86. The van der Waals surface area contributed by atoms with Gasteiger partial charge in [-0.1, -0.05) is 13.0 Å². The molecule has 3 rings (SSSR count). The van der Waals surface area contributed by atoms with E-state index in [0.717, 1.165) is 24.2 Å². The molecule has 2 aromatic rings. The minimum Gasteiger partial charge on any atom is -0.456 e. The zero-order valence-corrected chi connectivity index (χ0v) is 12.7. The molecule has 3 heterocycles. The van der Waals surface area contributed by atoms with Crippen LogP contribution in [0.15, 0.2) is 41.1 Å². The van der Waals surface area contributed by atoms with Crippen molar-refractivity contribution in [3.63, 3.8) is 0 Å². The molecule has 5 nitrogen and oxygen atoms in total. The van der Waals surface area contributed by atoms with Crippen LogP contribution in [0.2, 0.25) is 0 Å². The number of pyridine rings is 1. The molecule has 2 aromatic heterocycles. The molecule has 0 aromatic carbocycles. The molecule has 0 saturated carbocycles. The average Bonchev–Trinajstić information content (AvgIpc) is 3.22. The largest absolute Gasteiger partial charge is 0.456 e. The van der Waals surface area contributed by atoms with Crippen molar-refractivity contribution in [1.82, 2.24) is 9.88 Å². The molecule has 1 aliphatic rings. The Morgan fingerprint density at radius 2 is 2.36 bits per heavy atom. The van der Waals surface area contributed by atoms with Gasteiger partial charge in [0, 0.05) is 31.9 Å². The van der Waals surface area contributed by atoms with Gasteiger partial charge in [0.15, 0.2) is 5.76 Å². The summed E-state index contributed by atoms with van der Waals surface area (Å²) >= 11 is 0. The van der Waals surface area contributed by atoms with E-state index < -0.39 is 0 Å². The molecule has 5 heteroatoms. The zero-order chi connectivity index (χ0) is 15.4. The van der Waals surface area contributed by atoms with Crippen molar-refractivity contribution in [1.29, 1.82) is 0 Å². The van der Waals surface area contributed by atoms with Gasteiger partial charge in [0.05, 0.1) is 12.7 Å². The van der Waals surface area contributed by atoms with E-state index in [0.29, 0.717) is 25.5 Å². The van der Waals surface area contributed by atoms with Crippen LogP contribution in [0.3, 0.4) is 0 Å². The van der Waals surface area contributed by atoms with Crippen molar-refractivity contribution in [3.8, 4) is 0 Å². The van der Waals surface area contributed by atoms with Gasteiger partial charge in [0.2, 0.25) is 0 Å². The Labute approximate surface area is 129 Å². The molecule has 0 aliphatic carbocycles. The van der Waals surface area contributed by atoms with Crippen molar-refractivity contribution < 1.29 is 13.9 Å². The molecule has 1 fully saturated rings. The standard InChI is InChI=1S/C17H20N2O3/c1-2-14-5-6-16(22-14)17(20)19-9-7-15(11-19)21-12-13-4-3-8-18-10-13/h3-6,8,10,15H,2,7,9,11-12H2,1H3/t15-/m0/s1. The monoisotopic (exact) mass is 300 g/mol. The molecule has 1 saturated heterocycles. The summed E-state index contributed by atoms with van der Waals surface area (Å²) in [6.45, 7) is 3.85. The Balaban J connectivity index is 1.52. The minimum absolute atomic E-state index is 0.0489. The highest BCUT2D eigenvalue weighted by atomic mass is 16.5. The molecule has 0 N–H and O–H groups in total. The van der Waals surface area contributed by atoms with Crippen LogP contribution in [0.4, 0.5) is 0 Å². The average molecular weight is 300 g/mol. The normalized spacial score (nSPS) is 17.9. The summed E-state index contributed by atoms with van der Waals surface area (Å²) < 4.78 is 11.4.